The van der Waals surface area contributed by atoms with Gasteiger partial charge in [-0.1, -0.05) is 6.92 Å². The third kappa shape index (κ3) is 3.95. The van der Waals surface area contributed by atoms with Crippen LogP contribution in [0.25, 0.3) is 0 Å². The quantitative estimate of drug-likeness (QED) is 0.720. The smallest absolute Gasteiger partial charge is 0.231 e. The van der Waals surface area contributed by atoms with Gasteiger partial charge in [0.25, 0.3) is 0 Å². The topological polar surface area (TPSA) is 79.5 Å². The van der Waals surface area contributed by atoms with E-state index in [1.54, 1.807) is 12.1 Å². The molecule has 5 nitrogen and oxygen atoms in total. The van der Waals surface area contributed by atoms with Gasteiger partial charge in [0.1, 0.15) is 5.75 Å². The van der Waals surface area contributed by atoms with Gasteiger partial charge in [-0.25, -0.2) is 0 Å². The lowest BCUT2D eigenvalue weighted by atomic mass is 10.3. The van der Waals surface area contributed by atoms with Crippen LogP contribution in [-0.2, 0) is 11.3 Å². The van der Waals surface area contributed by atoms with Crippen LogP contribution in [0.1, 0.15) is 12.6 Å². The maximum Gasteiger partial charge on any atom is 0.231 e. The Morgan fingerprint density at radius 2 is 2.33 bits per heavy atom. The molecule has 0 radical (unpaired) electrons. The number of nitrogens with zero attached hydrogens (tertiary/aromatic N) is 2. The van der Waals surface area contributed by atoms with Crippen molar-refractivity contribution in [2.45, 2.75) is 13.5 Å². The Labute approximate surface area is 88.5 Å². The Balaban J connectivity index is 2.58. The van der Waals surface area contributed by atoms with E-state index in [1.165, 1.54) is 6.20 Å². The number of aromatic hydroxyl groups is 1. The first kappa shape index (κ1) is 11.5. The van der Waals surface area contributed by atoms with E-state index in [-0.39, 0.29) is 18.2 Å². The number of carbonyl (C=O) groups is 1. The van der Waals surface area contributed by atoms with Gasteiger partial charge in [0, 0.05) is 6.54 Å². The summed E-state index contributed by atoms with van der Waals surface area (Å²) in [6.45, 7) is 3.45. The minimum Gasteiger partial charge on any atom is -0.506 e. The van der Waals surface area contributed by atoms with Crippen molar-refractivity contribution >= 4 is 5.91 Å². The van der Waals surface area contributed by atoms with E-state index in [0.29, 0.717) is 6.54 Å². The molecule has 0 spiro atoms. The molecule has 0 atom stereocenters. The summed E-state index contributed by atoms with van der Waals surface area (Å²) in [5.74, 6) is -0.215. The van der Waals surface area contributed by atoms with Crippen LogP contribution in [0.2, 0.25) is 0 Å². The fraction of sp³-hybridized carbons (Fsp3) is 0.400. The molecule has 0 aliphatic rings. The van der Waals surface area contributed by atoms with E-state index in [4.69, 9.17) is 10.8 Å². The predicted octanol–water partition coefficient (Wildman–Crippen LogP) is 0.0944. The molecule has 1 aromatic heterocycles. The third-order valence-corrected chi connectivity index (χ3v) is 2.02. The van der Waals surface area contributed by atoms with Crippen molar-refractivity contribution < 1.29 is 9.90 Å². The first-order valence-corrected chi connectivity index (χ1v) is 4.76. The summed E-state index contributed by atoms with van der Waals surface area (Å²) >= 11 is 0. The van der Waals surface area contributed by atoms with Crippen molar-refractivity contribution in [2.75, 3.05) is 13.1 Å². The maximum atomic E-state index is 10.7. The van der Waals surface area contributed by atoms with Gasteiger partial charge in [-0.15, -0.1) is 0 Å². The molecule has 5 heteroatoms. The van der Waals surface area contributed by atoms with Crippen molar-refractivity contribution in [1.29, 1.82) is 0 Å². The van der Waals surface area contributed by atoms with Gasteiger partial charge in [-0.05, 0) is 18.7 Å². The zero-order valence-electron chi connectivity index (χ0n) is 8.68. The van der Waals surface area contributed by atoms with E-state index in [0.717, 1.165) is 12.2 Å². The number of hydrogen-bond donors (Lipinski definition) is 2. The van der Waals surface area contributed by atoms with Gasteiger partial charge in [0.2, 0.25) is 5.91 Å². The summed E-state index contributed by atoms with van der Waals surface area (Å²) in [7, 11) is 0. The van der Waals surface area contributed by atoms with Crippen LogP contribution < -0.4 is 5.73 Å². The van der Waals surface area contributed by atoms with E-state index in [2.05, 4.69) is 4.98 Å². The molecule has 1 aromatic rings. The molecule has 0 aliphatic heterocycles. The summed E-state index contributed by atoms with van der Waals surface area (Å²) in [5.41, 5.74) is 5.91. The fourth-order valence-electron chi connectivity index (χ4n) is 1.24. The van der Waals surface area contributed by atoms with Crippen LogP contribution in [0.4, 0.5) is 0 Å². The molecule has 0 aromatic carbocycles. The molecule has 0 bridgehead atoms. The second-order valence-electron chi connectivity index (χ2n) is 3.28. The number of carbonyl (C=O) groups excluding carboxylic acids is 1. The zero-order valence-corrected chi connectivity index (χ0v) is 8.68. The number of hydrogen-bond acceptors (Lipinski definition) is 4. The summed E-state index contributed by atoms with van der Waals surface area (Å²) in [5, 5.41) is 9.04. The van der Waals surface area contributed by atoms with E-state index in [1.807, 2.05) is 11.8 Å². The number of rotatable bonds is 5. The Morgan fingerprint density at radius 1 is 1.60 bits per heavy atom. The van der Waals surface area contributed by atoms with Gasteiger partial charge in [-0.2, -0.15) is 0 Å². The SMILES string of the molecule is CCN(CC(N)=O)Cc1ccc(O)cn1. The van der Waals surface area contributed by atoms with Crippen LogP contribution in [0, 0.1) is 0 Å². The monoisotopic (exact) mass is 209 g/mol. The third-order valence-electron chi connectivity index (χ3n) is 2.02. The lowest BCUT2D eigenvalue weighted by Crippen LogP contribution is -2.33. The van der Waals surface area contributed by atoms with Gasteiger partial charge < -0.3 is 10.8 Å². The molecule has 0 aliphatic carbocycles. The fourth-order valence-corrected chi connectivity index (χ4v) is 1.24. The summed E-state index contributed by atoms with van der Waals surface area (Å²) < 4.78 is 0. The standard InChI is InChI=1S/C10H15N3O2/c1-2-13(7-10(11)15)6-8-3-4-9(14)5-12-8/h3-5,14H,2,6-7H2,1H3,(H2,11,15). The lowest BCUT2D eigenvalue weighted by Gasteiger charge is -2.17. The maximum absolute atomic E-state index is 10.7. The van der Waals surface area contributed by atoms with Gasteiger partial charge in [0.05, 0.1) is 18.4 Å². The Kier molecular flexibility index (Phi) is 4.05. The van der Waals surface area contributed by atoms with Crippen molar-refractivity contribution in [1.82, 2.24) is 9.88 Å². The van der Waals surface area contributed by atoms with Gasteiger partial charge in [-0.3, -0.25) is 14.7 Å². The number of nitrogens with two attached hydrogens (primary N) is 1. The summed E-state index contributed by atoms with van der Waals surface area (Å²) in [6.07, 6.45) is 1.38. The number of primary amides is 1. The highest BCUT2D eigenvalue weighted by atomic mass is 16.3. The molecule has 1 heterocycles. The van der Waals surface area contributed by atoms with E-state index in [9.17, 15) is 4.79 Å². The van der Waals surface area contributed by atoms with Crippen LogP contribution in [0.15, 0.2) is 18.3 Å². The van der Waals surface area contributed by atoms with Crippen LogP contribution in [0.3, 0.4) is 0 Å². The Hall–Kier alpha value is -1.62. The Morgan fingerprint density at radius 3 is 2.80 bits per heavy atom. The second kappa shape index (κ2) is 5.31. The van der Waals surface area contributed by atoms with E-state index >= 15 is 0 Å². The van der Waals surface area contributed by atoms with Crippen molar-refractivity contribution in [3.8, 4) is 5.75 Å². The molecule has 1 rings (SSSR count). The molecule has 1 amide bonds. The van der Waals surface area contributed by atoms with Crippen LogP contribution in [0.5, 0.6) is 5.75 Å². The van der Waals surface area contributed by atoms with Crippen LogP contribution in [-0.4, -0.2) is 34.0 Å². The number of aromatic nitrogens is 1. The molecule has 0 unspecified atom stereocenters. The molecular weight excluding hydrogens is 194 g/mol. The average Bonchev–Trinajstić information content (AvgIpc) is 2.19. The zero-order chi connectivity index (χ0) is 11.3. The number of likely N-dealkylation sites (N-methyl/N-ethyl adjacent to an activating group) is 1. The second-order valence-corrected chi connectivity index (χ2v) is 3.28. The predicted molar refractivity (Wildman–Crippen MR) is 56.0 cm³/mol. The highest BCUT2D eigenvalue weighted by Gasteiger charge is 2.07. The highest BCUT2D eigenvalue weighted by molar-refractivity contribution is 5.75. The first-order valence-electron chi connectivity index (χ1n) is 4.76. The first-order chi connectivity index (χ1) is 7.11. The van der Waals surface area contributed by atoms with Crippen molar-refractivity contribution in [3.63, 3.8) is 0 Å². The number of pyridine rings is 1. The lowest BCUT2D eigenvalue weighted by molar-refractivity contribution is -0.119. The molecule has 82 valence electrons. The summed E-state index contributed by atoms with van der Waals surface area (Å²) in [6, 6.07) is 3.29. The summed E-state index contributed by atoms with van der Waals surface area (Å²) in [4.78, 5) is 16.6. The minimum atomic E-state index is -0.351. The average molecular weight is 209 g/mol. The largest absolute Gasteiger partial charge is 0.506 e. The normalized spacial score (nSPS) is 10.5. The molecule has 0 fully saturated rings. The van der Waals surface area contributed by atoms with Crippen molar-refractivity contribution in [2.24, 2.45) is 5.73 Å². The molecule has 15 heavy (non-hydrogen) atoms. The minimum absolute atomic E-state index is 0.136. The molecule has 3 N–H and O–H groups in total. The van der Waals surface area contributed by atoms with Crippen LogP contribution >= 0.6 is 0 Å². The van der Waals surface area contributed by atoms with Gasteiger partial charge in [0.15, 0.2) is 0 Å². The van der Waals surface area contributed by atoms with Gasteiger partial charge >= 0.3 is 0 Å². The number of amides is 1. The highest BCUT2D eigenvalue weighted by Crippen LogP contribution is 2.07. The molecule has 0 saturated carbocycles. The van der Waals surface area contributed by atoms with Crippen molar-refractivity contribution in [3.05, 3.63) is 24.0 Å². The molecular formula is C10H15N3O2. The molecule has 0 saturated heterocycles. The van der Waals surface area contributed by atoms with E-state index < -0.39 is 0 Å². The Bertz CT molecular complexity index is 324.